The quantitative estimate of drug-likeness (QED) is 0.663. The van der Waals surface area contributed by atoms with Crippen LogP contribution in [0, 0.1) is 12.7 Å². The Bertz CT molecular complexity index is 915. The molecule has 0 bridgehead atoms. The van der Waals surface area contributed by atoms with E-state index in [2.05, 4.69) is 15.3 Å². The molecule has 0 saturated heterocycles. The van der Waals surface area contributed by atoms with Crippen LogP contribution in [0.1, 0.15) is 21.8 Å². The fourth-order valence-electron chi connectivity index (χ4n) is 2.50. The van der Waals surface area contributed by atoms with Crippen LogP contribution in [0.3, 0.4) is 0 Å². The van der Waals surface area contributed by atoms with Crippen molar-refractivity contribution in [2.75, 3.05) is 0 Å². The number of carboxylic acid groups (broad SMARTS) is 1. The molecule has 0 radical (unpaired) electrons. The van der Waals surface area contributed by atoms with Crippen LogP contribution >= 0.6 is 0 Å². The third kappa shape index (κ3) is 2.98. The van der Waals surface area contributed by atoms with Gasteiger partial charge in [-0.15, -0.1) is 0 Å². The second-order valence-corrected chi connectivity index (χ2v) is 5.33. The fourth-order valence-corrected chi connectivity index (χ4v) is 2.50. The lowest BCUT2D eigenvalue weighted by atomic mass is 10.0. The molecular weight excluding hydrogens is 317 g/mol. The van der Waals surface area contributed by atoms with Crippen LogP contribution in [0.15, 0.2) is 35.2 Å². The molecule has 0 aliphatic rings. The number of nitrogens with one attached hydrogen (secondary N) is 2. The van der Waals surface area contributed by atoms with Crippen LogP contribution in [0.5, 0.6) is 0 Å². The number of fused-ring (bicyclic) bond motifs is 1. The number of hydrogen-bond acceptors (Lipinski definition) is 4. The Labute approximate surface area is 135 Å². The summed E-state index contributed by atoms with van der Waals surface area (Å²) in [5.41, 5.74) is 1.27. The van der Waals surface area contributed by atoms with Gasteiger partial charge in [-0.05, 0) is 30.7 Å². The molecule has 0 spiro atoms. The van der Waals surface area contributed by atoms with Crippen molar-refractivity contribution in [3.05, 3.63) is 53.6 Å². The third-order valence-corrected chi connectivity index (χ3v) is 3.72. The molecule has 0 unspecified atom stereocenters. The van der Waals surface area contributed by atoms with Gasteiger partial charge >= 0.3 is 5.97 Å². The second kappa shape index (κ2) is 6.15. The Morgan fingerprint density at radius 2 is 2.25 bits per heavy atom. The molecule has 1 atom stereocenters. The van der Waals surface area contributed by atoms with Crippen LogP contribution in [0.25, 0.3) is 10.9 Å². The van der Waals surface area contributed by atoms with Crippen molar-refractivity contribution >= 4 is 22.8 Å². The number of halogens is 1. The molecule has 3 rings (SSSR count). The zero-order valence-electron chi connectivity index (χ0n) is 12.7. The fraction of sp³-hybridized carbons (Fsp3) is 0.188. The summed E-state index contributed by atoms with van der Waals surface area (Å²) in [7, 11) is 0. The summed E-state index contributed by atoms with van der Waals surface area (Å²) in [6.07, 6.45) is 2.77. The van der Waals surface area contributed by atoms with Gasteiger partial charge in [0.2, 0.25) is 0 Å². The van der Waals surface area contributed by atoms with Gasteiger partial charge in [0, 0.05) is 23.5 Å². The molecule has 2 aromatic heterocycles. The maximum Gasteiger partial charge on any atom is 0.326 e. The van der Waals surface area contributed by atoms with E-state index in [0.717, 1.165) is 6.39 Å². The van der Waals surface area contributed by atoms with Crippen LogP contribution in [-0.2, 0) is 11.2 Å². The SMILES string of the molecule is Cc1ocnc1C(=O)N[C@@H](Cc1c[nH]c2cc(F)ccc12)C(=O)O. The molecular formula is C16H14FN3O4. The summed E-state index contributed by atoms with van der Waals surface area (Å²) < 4.78 is 18.2. The van der Waals surface area contributed by atoms with Crippen molar-refractivity contribution in [1.82, 2.24) is 15.3 Å². The molecule has 24 heavy (non-hydrogen) atoms. The molecule has 1 aromatic carbocycles. The van der Waals surface area contributed by atoms with Crippen LogP contribution in [0.4, 0.5) is 4.39 Å². The van der Waals surface area contributed by atoms with Crippen LogP contribution in [0.2, 0.25) is 0 Å². The number of aromatic amines is 1. The first kappa shape index (κ1) is 15.7. The lowest BCUT2D eigenvalue weighted by Crippen LogP contribution is -2.42. The van der Waals surface area contributed by atoms with Crippen molar-refractivity contribution in [2.45, 2.75) is 19.4 Å². The Hall–Kier alpha value is -3.16. The number of oxazole rings is 1. The number of hydrogen-bond donors (Lipinski definition) is 3. The minimum Gasteiger partial charge on any atom is -0.480 e. The van der Waals surface area contributed by atoms with E-state index >= 15 is 0 Å². The molecule has 7 nitrogen and oxygen atoms in total. The van der Waals surface area contributed by atoms with Crippen molar-refractivity contribution in [2.24, 2.45) is 0 Å². The van der Waals surface area contributed by atoms with E-state index in [0.29, 0.717) is 22.2 Å². The van der Waals surface area contributed by atoms with Gasteiger partial charge < -0.3 is 19.8 Å². The molecule has 0 aliphatic heterocycles. The van der Waals surface area contributed by atoms with Crippen molar-refractivity contribution in [1.29, 1.82) is 0 Å². The van der Waals surface area contributed by atoms with Gasteiger partial charge in [-0.25, -0.2) is 14.2 Å². The maximum atomic E-state index is 13.2. The maximum absolute atomic E-state index is 13.2. The molecule has 0 saturated carbocycles. The van der Waals surface area contributed by atoms with E-state index in [9.17, 15) is 19.1 Å². The highest BCUT2D eigenvalue weighted by Crippen LogP contribution is 2.20. The molecule has 3 N–H and O–H groups in total. The summed E-state index contributed by atoms with van der Waals surface area (Å²) in [5, 5.41) is 12.5. The van der Waals surface area contributed by atoms with Gasteiger partial charge in [-0.2, -0.15) is 0 Å². The molecule has 124 valence electrons. The summed E-state index contributed by atoms with van der Waals surface area (Å²) in [4.78, 5) is 30.3. The number of carbonyl (C=O) groups is 2. The number of carboxylic acids is 1. The number of benzene rings is 1. The lowest BCUT2D eigenvalue weighted by Gasteiger charge is -2.13. The molecule has 8 heteroatoms. The standard InChI is InChI=1S/C16H14FN3O4/c1-8-14(19-7-24-8)15(21)20-13(16(22)23)4-9-6-18-12-5-10(17)2-3-11(9)12/h2-3,5-7,13,18H,4H2,1H3,(H,20,21)(H,22,23)/t13-/m0/s1. The molecule has 0 fully saturated rings. The topological polar surface area (TPSA) is 108 Å². The van der Waals surface area contributed by atoms with E-state index in [1.54, 1.807) is 19.2 Å². The Balaban J connectivity index is 1.82. The summed E-state index contributed by atoms with van der Waals surface area (Å²) in [5.74, 6) is -1.89. The van der Waals surface area contributed by atoms with Crippen molar-refractivity contribution in [3.8, 4) is 0 Å². The van der Waals surface area contributed by atoms with E-state index < -0.39 is 17.9 Å². The molecule has 3 aromatic rings. The minimum absolute atomic E-state index is 0.0437. The average molecular weight is 331 g/mol. The van der Waals surface area contributed by atoms with E-state index in [1.165, 1.54) is 12.1 Å². The number of rotatable bonds is 5. The first-order valence-electron chi connectivity index (χ1n) is 7.15. The summed E-state index contributed by atoms with van der Waals surface area (Å²) in [6, 6.07) is 3.04. The normalized spacial score (nSPS) is 12.2. The summed E-state index contributed by atoms with van der Waals surface area (Å²) >= 11 is 0. The largest absolute Gasteiger partial charge is 0.480 e. The van der Waals surface area contributed by atoms with Crippen molar-refractivity contribution in [3.63, 3.8) is 0 Å². The number of aromatic nitrogens is 2. The van der Waals surface area contributed by atoms with Gasteiger partial charge in [0.05, 0.1) is 0 Å². The zero-order valence-corrected chi connectivity index (χ0v) is 12.7. The number of amides is 1. The third-order valence-electron chi connectivity index (χ3n) is 3.72. The number of nitrogens with zero attached hydrogens (tertiary/aromatic N) is 1. The van der Waals surface area contributed by atoms with Gasteiger partial charge in [0.15, 0.2) is 12.1 Å². The average Bonchev–Trinajstić information content (AvgIpc) is 3.12. The van der Waals surface area contributed by atoms with E-state index in [1.807, 2.05) is 0 Å². The van der Waals surface area contributed by atoms with Gasteiger partial charge in [0.25, 0.3) is 5.91 Å². The van der Waals surface area contributed by atoms with Gasteiger partial charge in [-0.3, -0.25) is 4.79 Å². The highest BCUT2D eigenvalue weighted by Gasteiger charge is 2.24. The smallest absolute Gasteiger partial charge is 0.326 e. The predicted molar refractivity (Wildman–Crippen MR) is 82.1 cm³/mol. The highest BCUT2D eigenvalue weighted by molar-refractivity contribution is 5.96. The molecule has 2 heterocycles. The lowest BCUT2D eigenvalue weighted by molar-refractivity contribution is -0.139. The van der Waals surface area contributed by atoms with Crippen LogP contribution < -0.4 is 5.32 Å². The highest BCUT2D eigenvalue weighted by atomic mass is 19.1. The van der Waals surface area contributed by atoms with E-state index in [4.69, 9.17) is 4.42 Å². The zero-order chi connectivity index (χ0) is 17.3. The van der Waals surface area contributed by atoms with Crippen molar-refractivity contribution < 1.29 is 23.5 Å². The molecule has 1 amide bonds. The van der Waals surface area contributed by atoms with Crippen LogP contribution in [-0.4, -0.2) is 33.0 Å². The molecule has 0 aliphatic carbocycles. The minimum atomic E-state index is -1.18. The Morgan fingerprint density at radius 1 is 1.46 bits per heavy atom. The first-order chi connectivity index (χ1) is 11.5. The van der Waals surface area contributed by atoms with E-state index in [-0.39, 0.29) is 17.9 Å². The van der Waals surface area contributed by atoms with Gasteiger partial charge in [-0.1, -0.05) is 0 Å². The number of H-pyrrole nitrogens is 1. The second-order valence-electron chi connectivity index (χ2n) is 5.33. The predicted octanol–water partition coefficient (Wildman–Crippen LogP) is 2.03. The number of aryl methyl sites for hydroxylation is 1. The van der Waals surface area contributed by atoms with Gasteiger partial charge in [0.1, 0.15) is 17.6 Å². The monoisotopic (exact) mass is 331 g/mol. The number of carbonyl (C=O) groups excluding carboxylic acids is 1. The first-order valence-corrected chi connectivity index (χ1v) is 7.15. The number of aliphatic carboxylic acids is 1. The Morgan fingerprint density at radius 3 is 2.92 bits per heavy atom. The Kier molecular flexibility index (Phi) is 4.03. The summed E-state index contributed by atoms with van der Waals surface area (Å²) in [6.45, 7) is 1.56.